The lowest BCUT2D eigenvalue weighted by Gasteiger charge is -2.41. The van der Waals surface area contributed by atoms with Gasteiger partial charge < -0.3 is 20.1 Å². The number of allylic oxidation sites excluding steroid dienone is 4. The van der Waals surface area contributed by atoms with Gasteiger partial charge >= 0.3 is 11.9 Å². The van der Waals surface area contributed by atoms with Crippen LogP contribution in [0, 0.1) is 29.6 Å². The van der Waals surface area contributed by atoms with Crippen molar-refractivity contribution in [1.29, 1.82) is 0 Å². The minimum Gasteiger partial charge on any atom is -0.481 e. The number of carboxylic acids is 1. The molecule has 6 nitrogen and oxygen atoms in total. The Morgan fingerprint density at radius 2 is 1.90 bits per heavy atom. The van der Waals surface area contributed by atoms with E-state index in [2.05, 4.69) is 26.0 Å². The molecule has 30 heavy (non-hydrogen) atoms. The van der Waals surface area contributed by atoms with Gasteiger partial charge in [-0.15, -0.1) is 0 Å². The van der Waals surface area contributed by atoms with Crippen LogP contribution in [0.15, 0.2) is 23.5 Å². The molecule has 0 spiro atoms. The average Bonchev–Trinajstić information content (AvgIpc) is 2.66. The van der Waals surface area contributed by atoms with E-state index in [4.69, 9.17) is 9.84 Å². The van der Waals surface area contributed by atoms with E-state index in [0.717, 1.165) is 25.7 Å². The van der Waals surface area contributed by atoms with Crippen LogP contribution in [0.25, 0.3) is 0 Å². The zero-order valence-corrected chi connectivity index (χ0v) is 18.7. The quantitative estimate of drug-likeness (QED) is 0.459. The summed E-state index contributed by atoms with van der Waals surface area (Å²) in [4.78, 5) is 23.1. The number of aliphatic carboxylic acids is 1. The van der Waals surface area contributed by atoms with Crippen LogP contribution < -0.4 is 0 Å². The Labute approximate surface area is 180 Å². The maximum absolute atomic E-state index is 12.4. The van der Waals surface area contributed by atoms with Crippen LogP contribution in [0.5, 0.6) is 0 Å². The molecule has 0 aromatic carbocycles. The highest BCUT2D eigenvalue weighted by atomic mass is 16.5. The van der Waals surface area contributed by atoms with Gasteiger partial charge in [0.15, 0.2) is 0 Å². The van der Waals surface area contributed by atoms with E-state index in [9.17, 15) is 19.8 Å². The van der Waals surface area contributed by atoms with Crippen LogP contribution >= 0.6 is 0 Å². The summed E-state index contributed by atoms with van der Waals surface area (Å²) in [5, 5.41) is 28.9. The molecule has 2 aliphatic carbocycles. The molecule has 0 bridgehead atoms. The van der Waals surface area contributed by atoms with E-state index >= 15 is 0 Å². The van der Waals surface area contributed by atoms with Gasteiger partial charge in [0.05, 0.1) is 24.5 Å². The van der Waals surface area contributed by atoms with E-state index in [1.807, 2.05) is 13.8 Å². The molecule has 0 saturated carbocycles. The van der Waals surface area contributed by atoms with Gasteiger partial charge in [-0.2, -0.15) is 0 Å². The lowest BCUT2D eigenvalue weighted by atomic mass is 9.66. The Morgan fingerprint density at radius 1 is 1.20 bits per heavy atom. The number of rotatable bonds is 10. The summed E-state index contributed by atoms with van der Waals surface area (Å²) in [6.07, 6.45) is 6.37. The fourth-order valence-corrected chi connectivity index (χ4v) is 4.67. The van der Waals surface area contributed by atoms with E-state index in [1.54, 1.807) is 0 Å². The number of carboxylic acid groups (broad SMARTS) is 1. The van der Waals surface area contributed by atoms with Crippen molar-refractivity contribution in [2.75, 3.05) is 0 Å². The summed E-state index contributed by atoms with van der Waals surface area (Å²) in [5.74, 6) is 0.453. The molecule has 0 fully saturated rings. The Morgan fingerprint density at radius 3 is 2.53 bits per heavy atom. The van der Waals surface area contributed by atoms with Crippen LogP contribution in [0.1, 0.15) is 72.6 Å². The Hall–Kier alpha value is -1.66. The first-order valence-corrected chi connectivity index (χ1v) is 11.3. The van der Waals surface area contributed by atoms with Crippen molar-refractivity contribution in [1.82, 2.24) is 0 Å². The van der Waals surface area contributed by atoms with Crippen LogP contribution in [0.3, 0.4) is 0 Å². The van der Waals surface area contributed by atoms with Gasteiger partial charge in [0.25, 0.3) is 0 Å². The summed E-state index contributed by atoms with van der Waals surface area (Å²) in [5.41, 5.74) is 1.23. The lowest BCUT2D eigenvalue weighted by Crippen LogP contribution is -2.33. The number of hydrogen-bond donors (Lipinski definition) is 3. The maximum Gasteiger partial charge on any atom is 0.313 e. The van der Waals surface area contributed by atoms with Crippen LogP contribution in [-0.4, -0.2) is 39.5 Å². The molecule has 0 aromatic heterocycles. The monoisotopic (exact) mass is 422 g/mol. The molecule has 7 atom stereocenters. The largest absolute Gasteiger partial charge is 0.481 e. The molecule has 0 heterocycles. The van der Waals surface area contributed by atoms with Crippen molar-refractivity contribution in [3.05, 3.63) is 23.5 Å². The Bertz CT molecular complexity index is 667. The molecule has 3 N–H and O–H groups in total. The zero-order chi connectivity index (χ0) is 22.4. The van der Waals surface area contributed by atoms with Crippen molar-refractivity contribution in [3.63, 3.8) is 0 Å². The molecule has 2 aliphatic rings. The minimum absolute atomic E-state index is 0.0590. The van der Waals surface area contributed by atoms with Crippen molar-refractivity contribution in [3.8, 4) is 0 Å². The number of carbonyl (C=O) groups excluding carboxylic acids is 1. The van der Waals surface area contributed by atoms with Gasteiger partial charge in [-0.1, -0.05) is 33.8 Å². The summed E-state index contributed by atoms with van der Waals surface area (Å²) < 4.78 is 5.80. The van der Waals surface area contributed by atoms with Crippen LogP contribution in [-0.2, 0) is 14.3 Å². The van der Waals surface area contributed by atoms with Crippen molar-refractivity contribution in [2.45, 2.75) is 84.8 Å². The highest BCUT2D eigenvalue weighted by Gasteiger charge is 2.38. The second kappa shape index (κ2) is 11.1. The highest BCUT2D eigenvalue weighted by Crippen LogP contribution is 2.46. The second-order valence-corrected chi connectivity index (χ2v) is 9.28. The predicted molar refractivity (Wildman–Crippen MR) is 114 cm³/mol. The van der Waals surface area contributed by atoms with Gasteiger partial charge in [-0.3, -0.25) is 9.59 Å². The molecule has 0 aromatic rings. The molecular weight excluding hydrogens is 384 g/mol. The number of ether oxygens (including phenoxy) is 1. The number of fused-ring (bicyclic) bond motifs is 1. The molecular formula is C24H38O6. The molecule has 0 radical (unpaired) electrons. The van der Waals surface area contributed by atoms with Gasteiger partial charge in [0.2, 0.25) is 0 Å². The van der Waals surface area contributed by atoms with Gasteiger partial charge in [-0.05, 0) is 67.9 Å². The minimum atomic E-state index is -1.07. The summed E-state index contributed by atoms with van der Waals surface area (Å²) in [7, 11) is 0. The first kappa shape index (κ1) is 24.6. The van der Waals surface area contributed by atoms with Crippen LogP contribution in [0.4, 0.5) is 0 Å². The molecule has 0 amide bonds. The van der Waals surface area contributed by atoms with Crippen LogP contribution in [0.2, 0.25) is 0 Å². The molecule has 0 aliphatic heterocycles. The normalized spacial score (nSPS) is 29.1. The van der Waals surface area contributed by atoms with Gasteiger partial charge in [0.1, 0.15) is 5.76 Å². The third-order valence-electron chi connectivity index (χ3n) is 6.78. The van der Waals surface area contributed by atoms with Crippen molar-refractivity contribution >= 4 is 11.9 Å². The fourth-order valence-electron chi connectivity index (χ4n) is 4.67. The number of aliphatic hydroxyl groups excluding tert-OH is 2. The fraction of sp³-hybridized carbons (Fsp3) is 0.750. The van der Waals surface area contributed by atoms with E-state index in [1.165, 1.54) is 5.57 Å². The lowest BCUT2D eigenvalue weighted by molar-refractivity contribution is -0.145. The van der Waals surface area contributed by atoms with Crippen molar-refractivity contribution < 1.29 is 29.6 Å². The topological polar surface area (TPSA) is 104 Å². The number of esters is 1. The van der Waals surface area contributed by atoms with Gasteiger partial charge in [-0.25, -0.2) is 0 Å². The van der Waals surface area contributed by atoms with E-state index in [-0.39, 0.29) is 36.6 Å². The summed E-state index contributed by atoms with van der Waals surface area (Å²) in [6, 6.07) is 0. The third-order valence-corrected chi connectivity index (χ3v) is 6.78. The predicted octanol–water partition coefficient (Wildman–Crippen LogP) is 4.06. The first-order chi connectivity index (χ1) is 14.1. The van der Waals surface area contributed by atoms with Crippen molar-refractivity contribution in [2.24, 2.45) is 29.6 Å². The number of carbonyl (C=O) groups is 2. The second-order valence-electron chi connectivity index (χ2n) is 9.28. The summed E-state index contributed by atoms with van der Waals surface area (Å²) >= 11 is 0. The zero-order valence-electron chi connectivity index (χ0n) is 18.7. The number of hydrogen-bond acceptors (Lipinski definition) is 5. The summed E-state index contributed by atoms with van der Waals surface area (Å²) in [6.45, 7) is 8.12. The average molecular weight is 423 g/mol. The SMILES string of the molecule is CCC(C)C(=O)OC1=CC2=CC(C)CCC2C(CCC(O)CC(O)CC(=O)O)C1C. The Kier molecular flexibility index (Phi) is 9.10. The first-order valence-electron chi connectivity index (χ1n) is 11.3. The molecule has 170 valence electrons. The Balaban J connectivity index is 2.10. The third kappa shape index (κ3) is 6.67. The molecule has 6 heteroatoms. The van der Waals surface area contributed by atoms with E-state index < -0.39 is 18.2 Å². The smallest absolute Gasteiger partial charge is 0.313 e. The van der Waals surface area contributed by atoms with E-state index in [0.29, 0.717) is 24.0 Å². The highest BCUT2D eigenvalue weighted by molar-refractivity contribution is 5.73. The number of aliphatic hydroxyl groups is 2. The molecule has 2 rings (SSSR count). The van der Waals surface area contributed by atoms with Gasteiger partial charge in [0, 0.05) is 5.92 Å². The standard InChI is InChI=1S/C24H38O6/c1-5-15(3)24(29)30-22-11-17-10-14(2)6-8-21(17)20(16(22)4)9-7-18(25)12-19(26)13-23(27)28/h10-11,14-16,18-21,25-26H,5-9,12-13H2,1-4H3,(H,27,28). The molecule has 0 saturated heterocycles. The maximum atomic E-state index is 12.4. The molecule has 7 unspecified atom stereocenters.